The summed E-state index contributed by atoms with van der Waals surface area (Å²) in [5, 5.41) is 8.37. The van der Waals surface area contributed by atoms with Crippen LogP contribution >= 0.6 is 11.3 Å². The van der Waals surface area contributed by atoms with Gasteiger partial charge in [0.1, 0.15) is 6.54 Å². The number of morpholine rings is 1. The topological polar surface area (TPSA) is 132 Å². The van der Waals surface area contributed by atoms with Crippen LogP contribution in [-0.2, 0) is 16.1 Å². The Hall–Kier alpha value is -3.83. The van der Waals surface area contributed by atoms with Crippen molar-refractivity contribution >= 4 is 55.0 Å². The molecule has 1 saturated heterocycles. The summed E-state index contributed by atoms with van der Waals surface area (Å²) >= 11 is 1.55. The third-order valence-corrected chi connectivity index (χ3v) is 6.42. The molecule has 10 nitrogen and oxygen atoms in total. The predicted molar refractivity (Wildman–Crippen MR) is 126 cm³/mol. The highest BCUT2D eigenvalue weighted by molar-refractivity contribution is 7.22. The number of benzene rings is 2. The molecule has 2 amide bonds. The molecule has 0 saturated carbocycles. The summed E-state index contributed by atoms with van der Waals surface area (Å²) in [5.41, 5.74) is 6.32. The van der Waals surface area contributed by atoms with E-state index in [2.05, 4.69) is 20.3 Å². The van der Waals surface area contributed by atoms with Crippen LogP contribution in [-0.4, -0.2) is 52.9 Å². The number of anilines is 2. The average Bonchev–Trinajstić information content (AvgIpc) is 3.25. The van der Waals surface area contributed by atoms with Crippen molar-refractivity contribution in [1.82, 2.24) is 14.8 Å². The molecule has 3 N–H and O–H groups in total. The minimum absolute atomic E-state index is 0.0558. The van der Waals surface area contributed by atoms with Crippen LogP contribution in [0, 0.1) is 0 Å². The molecule has 0 bridgehead atoms. The first-order chi connectivity index (χ1) is 16.0. The summed E-state index contributed by atoms with van der Waals surface area (Å²) in [6, 6.07) is 12.0. The Morgan fingerprint density at radius 2 is 1.88 bits per heavy atom. The lowest BCUT2D eigenvalue weighted by Gasteiger charge is -2.25. The number of nitrogens with two attached hydrogens (primary N) is 1. The van der Waals surface area contributed by atoms with E-state index in [1.54, 1.807) is 41.7 Å². The highest BCUT2D eigenvalue weighted by Crippen LogP contribution is 2.31. The van der Waals surface area contributed by atoms with Crippen LogP contribution in [0.2, 0.25) is 0 Å². The maximum Gasteiger partial charge on any atom is 0.275 e. The second-order valence-electron chi connectivity index (χ2n) is 7.55. The Bertz CT molecular complexity index is 1440. The predicted octanol–water partition coefficient (Wildman–Crippen LogP) is 1.58. The molecule has 0 unspecified atom stereocenters. The van der Waals surface area contributed by atoms with Crippen LogP contribution in [0.25, 0.3) is 21.0 Å². The summed E-state index contributed by atoms with van der Waals surface area (Å²) in [6.45, 7) is 2.59. The van der Waals surface area contributed by atoms with E-state index in [4.69, 9.17) is 10.5 Å². The molecular formula is C22H20N6O4S. The highest BCUT2D eigenvalue weighted by Gasteiger charge is 2.18. The number of hydrogen-bond acceptors (Lipinski definition) is 8. The molecule has 2 aromatic carbocycles. The number of aromatic nitrogens is 3. The Morgan fingerprint density at radius 1 is 1.12 bits per heavy atom. The molecule has 0 spiro atoms. The van der Waals surface area contributed by atoms with Gasteiger partial charge in [0.25, 0.3) is 11.5 Å². The molecule has 1 fully saturated rings. The van der Waals surface area contributed by atoms with Crippen molar-refractivity contribution in [1.29, 1.82) is 0 Å². The fraction of sp³-hybridized carbons (Fsp3) is 0.227. The number of carbonyl (C=O) groups excluding carboxylic acids is 2. The number of thiazole rings is 1. The van der Waals surface area contributed by atoms with E-state index < -0.39 is 17.4 Å². The largest absolute Gasteiger partial charge is 0.378 e. The van der Waals surface area contributed by atoms with Crippen LogP contribution in [0.15, 0.2) is 47.3 Å². The molecule has 2 aromatic heterocycles. The third-order valence-electron chi connectivity index (χ3n) is 5.34. The van der Waals surface area contributed by atoms with Gasteiger partial charge < -0.3 is 20.7 Å². The van der Waals surface area contributed by atoms with Crippen molar-refractivity contribution in [3.8, 4) is 0 Å². The number of nitrogens with one attached hydrogen (secondary N) is 1. The molecule has 5 rings (SSSR count). The summed E-state index contributed by atoms with van der Waals surface area (Å²) in [6.07, 6.45) is 0. The van der Waals surface area contributed by atoms with Crippen molar-refractivity contribution in [3.63, 3.8) is 0 Å². The van der Waals surface area contributed by atoms with E-state index in [0.29, 0.717) is 24.3 Å². The molecule has 168 valence electrons. The second kappa shape index (κ2) is 8.60. The highest BCUT2D eigenvalue weighted by atomic mass is 32.1. The zero-order chi connectivity index (χ0) is 22.9. The first kappa shape index (κ1) is 21.0. The van der Waals surface area contributed by atoms with E-state index in [1.165, 1.54) is 0 Å². The van der Waals surface area contributed by atoms with Crippen LogP contribution in [0.4, 0.5) is 10.8 Å². The van der Waals surface area contributed by atoms with Crippen molar-refractivity contribution in [3.05, 3.63) is 58.5 Å². The first-order valence-electron chi connectivity index (χ1n) is 10.3. The summed E-state index contributed by atoms with van der Waals surface area (Å²) in [7, 11) is 0. The van der Waals surface area contributed by atoms with Crippen LogP contribution in [0.5, 0.6) is 0 Å². The number of nitrogens with zero attached hydrogens (tertiary/aromatic N) is 4. The van der Waals surface area contributed by atoms with Gasteiger partial charge in [-0.2, -0.15) is 5.10 Å². The molecule has 0 atom stereocenters. The number of amides is 2. The lowest BCUT2D eigenvalue weighted by Crippen LogP contribution is -2.36. The second-order valence-corrected chi connectivity index (χ2v) is 8.56. The number of ether oxygens (including phenoxy) is 1. The minimum Gasteiger partial charge on any atom is -0.378 e. The smallest absolute Gasteiger partial charge is 0.275 e. The molecule has 33 heavy (non-hydrogen) atoms. The number of primary amides is 1. The number of hydrogen-bond donors (Lipinski definition) is 2. The van der Waals surface area contributed by atoms with Gasteiger partial charge in [0, 0.05) is 24.2 Å². The van der Waals surface area contributed by atoms with E-state index >= 15 is 0 Å². The number of rotatable bonds is 5. The maximum atomic E-state index is 12.8. The van der Waals surface area contributed by atoms with Gasteiger partial charge in [0.05, 0.1) is 28.8 Å². The van der Waals surface area contributed by atoms with E-state index in [9.17, 15) is 14.4 Å². The normalized spacial score (nSPS) is 14.0. The standard InChI is InChI=1S/C22H20N6O4S/c23-20(30)19-14-3-1-2-4-15(14)21(31)28(26-19)12-18(29)24-13-5-6-16-17(11-13)33-22(25-16)27-7-9-32-10-8-27/h1-6,11H,7-10,12H2,(H2,23,30)(H,24,29). The van der Waals surface area contributed by atoms with Crippen molar-refractivity contribution in [2.45, 2.75) is 6.54 Å². The monoisotopic (exact) mass is 464 g/mol. The molecule has 1 aliphatic heterocycles. The van der Waals surface area contributed by atoms with Gasteiger partial charge in [0.2, 0.25) is 5.91 Å². The molecule has 3 heterocycles. The van der Waals surface area contributed by atoms with E-state index in [1.807, 2.05) is 12.1 Å². The molecule has 11 heteroatoms. The van der Waals surface area contributed by atoms with Gasteiger partial charge in [-0.3, -0.25) is 14.4 Å². The Balaban J connectivity index is 1.38. The quantitative estimate of drug-likeness (QED) is 0.458. The van der Waals surface area contributed by atoms with Gasteiger partial charge in [-0.1, -0.05) is 29.5 Å². The van der Waals surface area contributed by atoms with Gasteiger partial charge >= 0.3 is 0 Å². The molecule has 0 aliphatic carbocycles. The van der Waals surface area contributed by atoms with Gasteiger partial charge in [-0.15, -0.1) is 0 Å². The van der Waals surface area contributed by atoms with Gasteiger partial charge in [-0.05, 0) is 24.3 Å². The average molecular weight is 465 g/mol. The minimum atomic E-state index is -0.771. The first-order valence-corrected chi connectivity index (χ1v) is 11.1. The zero-order valence-corrected chi connectivity index (χ0v) is 18.3. The van der Waals surface area contributed by atoms with Crippen molar-refractivity contribution in [2.75, 3.05) is 36.5 Å². The van der Waals surface area contributed by atoms with Crippen molar-refractivity contribution < 1.29 is 14.3 Å². The van der Waals surface area contributed by atoms with E-state index in [-0.39, 0.29) is 17.6 Å². The van der Waals surface area contributed by atoms with E-state index in [0.717, 1.165) is 33.1 Å². The fourth-order valence-electron chi connectivity index (χ4n) is 3.74. The third kappa shape index (κ3) is 4.15. The SMILES string of the molecule is NC(=O)c1nn(CC(=O)Nc2ccc3nc(N4CCOCC4)sc3c2)c(=O)c2ccccc12. The number of fused-ring (bicyclic) bond motifs is 2. The molecular weight excluding hydrogens is 444 g/mol. The molecule has 4 aromatic rings. The molecule has 0 radical (unpaired) electrons. The maximum absolute atomic E-state index is 12.8. The molecule has 1 aliphatic rings. The Labute approximate surface area is 191 Å². The number of carbonyl (C=O) groups is 2. The lowest BCUT2D eigenvalue weighted by molar-refractivity contribution is -0.117. The Kier molecular flexibility index (Phi) is 5.48. The van der Waals surface area contributed by atoms with Crippen LogP contribution in [0.3, 0.4) is 0 Å². The summed E-state index contributed by atoms with van der Waals surface area (Å²) in [5.74, 6) is -1.22. The van der Waals surface area contributed by atoms with Crippen molar-refractivity contribution in [2.24, 2.45) is 5.73 Å². The van der Waals surface area contributed by atoms with Crippen LogP contribution in [0.1, 0.15) is 10.5 Å². The Morgan fingerprint density at radius 3 is 2.64 bits per heavy atom. The van der Waals surface area contributed by atoms with Crippen LogP contribution < -0.4 is 21.5 Å². The lowest BCUT2D eigenvalue weighted by atomic mass is 10.1. The van der Waals surface area contributed by atoms with Gasteiger partial charge in [0.15, 0.2) is 10.8 Å². The van der Waals surface area contributed by atoms with Gasteiger partial charge in [-0.25, -0.2) is 9.67 Å². The zero-order valence-electron chi connectivity index (χ0n) is 17.5. The summed E-state index contributed by atoms with van der Waals surface area (Å²) in [4.78, 5) is 44.1. The fourth-order valence-corrected chi connectivity index (χ4v) is 4.80. The summed E-state index contributed by atoms with van der Waals surface area (Å²) < 4.78 is 7.29.